The maximum atomic E-state index is 12.0. The van der Waals surface area contributed by atoms with Gasteiger partial charge in [-0.2, -0.15) is 5.10 Å². The third kappa shape index (κ3) is 4.86. The maximum absolute atomic E-state index is 12.0. The lowest BCUT2D eigenvalue weighted by molar-refractivity contribution is -0.116. The molecule has 2 aromatic carbocycles. The number of para-hydroxylation sites is 1. The zero-order valence-electron chi connectivity index (χ0n) is 22.9. The molecule has 10 nitrogen and oxygen atoms in total. The number of rotatable bonds is 8. The molecule has 0 spiro atoms. The van der Waals surface area contributed by atoms with Gasteiger partial charge in [0.1, 0.15) is 35.2 Å². The van der Waals surface area contributed by atoms with Crippen LogP contribution < -0.4 is 20.7 Å². The summed E-state index contributed by atoms with van der Waals surface area (Å²) < 4.78 is 7.79. The number of nitrogens with zero attached hydrogens (tertiary/aromatic N) is 6. The van der Waals surface area contributed by atoms with Gasteiger partial charge >= 0.3 is 0 Å². The average molecular weight is 559 g/mol. The molecule has 2 aliphatic rings. The van der Waals surface area contributed by atoms with E-state index in [1.54, 1.807) is 0 Å². The minimum Gasteiger partial charge on any atom is -0.457 e. The van der Waals surface area contributed by atoms with E-state index in [1.807, 2.05) is 71.5 Å². The van der Waals surface area contributed by atoms with Crippen LogP contribution in [-0.2, 0) is 11.3 Å². The number of hydrogen-bond acceptors (Lipinski definition) is 9. The standard InChI is InChI=1S/C32H30N8O2/c1-2-27(41)25-14-22-17-39(18-26(22)37-25)28-13-8-20(15-34-28)16-40-32-29(31(33)35-19-36-32)30(38-40)21-9-11-24(12-10-21)42-23-6-4-3-5-7-23/h2-13,15,19,22,25-26,37H,1,14,16-18H2,(H2,33,35,36). The molecule has 3 atom stereocenters. The van der Waals surface area contributed by atoms with E-state index in [0.717, 1.165) is 48.0 Å². The van der Waals surface area contributed by atoms with Crippen molar-refractivity contribution in [2.45, 2.75) is 25.0 Å². The van der Waals surface area contributed by atoms with Gasteiger partial charge in [0, 0.05) is 30.9 Å². The third-order valence-corrected chi connectivity index (χ3v) is 8.07. The van der Waals surface area contributed by atoms with Crippen LogP contribution in [0.4, 0.5) is 11.6 Å². The monoisotopic (exact) mass is 558 g/mol. The molecule has 0 radical (unpaired) electrons. The SMILES string of the molecule is C=CC(=O)C1CC2CN(c3ccc(Cn4nc(-c5ccc(Oc6ccccc6)cc5)c5c(N)ncnc54)cn3)CC2N1. The summed E-state index contributed by atoms with van der Waals surface area (Å²) in [5.74, 6) is 3.32. The maximum Gasteiger partial charge on any atom is 0.171 e. The fourth-order valence-corrected chi connectivity index (χ4v) is 5.97. The highest BCUT2D eigenvalue weighted by molar-refractivity contribution is 5.98. The van der Waals surface area contributed by atoms with Crippen LogP contribution >= 0.6 is 0 Å². The van der Waals surface area contributed by atoms with E-state index in [1.165, 1.54) is 12.4 Å². The van der Waals surface area contributed by atoms with E-state index >= 15 is 0 Å². The lowest BCUT2D eigenvalue weighted by atomic mass is 10.0. The van der Waals surface area contributed by atoms with E-state index in [2.05, 4.69) is 32.8 Å². The van der Waals surface area contributed by atoms with Gasteiger partial charge in [-0.25, -0.2) is 19.6 Å². The number of fused-ring (bicyclic) bond motifs is 2. The fourth-order valence-electron chi connectivity index (χ4n) is 5.97. The molecule has 2 saturated heterocycles. The summed E-state index contributed by atoms with van der Waals surface area (Å²) in [6.07, 6.45) is 5.60. The molecule has 3 aromatic heterocycles. The molecule has 5 heterocycles. The van der Waals surface area contributed by atoms with Gasteiger partial charge in [0.05, 0.1) is 18.0 Å². The van der Waals surface area contributed by atoms with Crippen molar-refractivity contribution in [2.75, 3.05) is 23.7 Å². The Hall–Kier alpha value is -5.09. The van der Waals surface area contributed by atoms with Gasteiger partial charge in [0.15, 0.2) is 11.4 Å². The molecule has 0 saturated carbocycles. The zero-order valence-corrected chi connectivity index (χ0v) is 22.9. The van der Waals surface area contributed by atoms with Gasteiger partial charge in [-0.1, -0.05) is 30.8 Å². The molecule has 2 fully saturated rings. The second kappa shape index (κ2) is 10.7. The minimum absolute atomic E-state index is 0.0776. The van der Waals surface area contributed by atoms with Crippen molar-refractivity contribution in [1.29, 1.82) is 0 Å². The first-order valence-electron chi connectivity index (χ1n) is 14.0. The highest BCUT2D eigenvalue weighted by atomic mass is 16.5. The number of nitrogen functional groups attached to an aromatic ring is 1. The Morgan fingerprint density at radius 2 is 1.83 bits per heavy atom. The van der Waals surface area contributed by atoms with E-state index in [0.29, 0.717) is 41.0 Å². The number of carbonyl (C=O) groups is 1. The number of pyridine rings is 1. The van der Waals surface area contributed by atoms with Crippen LogP contribution in [0, 0.1) is 5.92 Å². The van der Waals surface area contributed by atoms with Gasteiger partial charge in [-0.3, -0.25) is 4.79 Å². The second-order valence-corrected chi connectivity index (χ2v) is 10.8. The van der Waals surface area contributed by atoms with Crippen LogP contribution in [0.3, 0.4) is 0 Å². The first-order chi connectivity index (χ1) is 20.6. The summed E-state index contributed by atoms with van der Waals surface area (Å²) in [5.41, 5.74) is 9.57. The van der Waals surface area contributed by atoms with Gasteiger partial charge in [0.25, 0.3) is 0 Å². The first kappa shape index (κ1) is 25.8. The molecule has 0 bridgehead atoms. The van der Waals surface area contributed by atoms with Crippen molar-refractivity contribution in [3.8, 4) is 22.8 Å². The summed E-state index contributed by atoms with van der Waals surface area (Å²) in [5, 5.41) is 9.09. The number of ether oxygens (including phenoxy) is 1. The molecule has 3 N–H and O–H groups in total. The van der Waals surface area contributed by atoms with Crippen molar-refractivity contribution in [3.05, 3.63) is 97.5 Å². The van der Waals surface area contributed by atoms with Crippen LogP contribution in [0.5, 0.6) is 11.5 Å². The number of carbonyl (C=O) groups excluding carboxylic acids is 1. The van der Waals surface area contributed by atoms with E-state index in [9.17, 15) is 4.79 Å². The highest BCUT2D eigenvalue weighted by Gasteiger charge is 2.42. The van der Waals surface area contributed by atoms with Crippen LogP contribution in [-0.4, -0.2) is 55.7 Å². The van der Waals surface area contributed by atoms with Crippen LogP contribution in [0.25, 0.3) is 22.3 Å². The molecular weight excluding hydrogens is 528 g/mol. The van der Waals surface area contributed by atoms with E-state index in [4.69, 9.17) is 20.6 Å². The predicted octanol–water partition coefficient (Wildman–Crippen LogP) is 4.23. The Labute approximate surface area is 242 Å². The van der Waals surface area contributed by atoms with Gasteiger partial charge in [0.2, 0.25) is 0 Å². The minimum atomic E-state index is -0.109. The molecule has 3 unspecified atom stereocenters. The topological polar surface area (TPSA) is 124 Å². The summed E-state index contributed by atoms with van der Waals surface area (Å²) in [6.45, 7) is 5.81. The number of hydrogen-bond donors (Lipinski definition) is 2. The smallest absolute Gasteiger partial charge is 0.171 e. The molecule has 210 valence electrons. The molecule has 0 amide bonds. The van der Waals surface area contributed by atoms with Crippen molar-refractivity contribution in [2.24, 2.45) is 5.92 Å². The largest absolute Gasteiger partial charge is 0.457 e. The van der Waals surface area contributed by atoms with Crippen LogP contribution in [0.1, 0.15) is 12.0 Å². The van der Waals surface area contributed by atoms with Crippen LogP contribution in [0.15, 0.2) is 91.9 Å². The molecule has 10 heteroatoms. The first-order valence-corrected chi connectivity index (χ1v) is 14.0. The van der Waals surface area contributed by atoms with Gasteiger partial charge in [-0.15, -0.1) is 0 Å². The van der Waals surface area contributed by atoms with E-state index in [-0.39, 0.29) is 11.8 Å². The molecular formula is C32H30N8O2. The molecule has 42 heavy (non-hydrogen) atoms. The van der Waals surface area contributed by atoms with Gasteiger partial charge in [-0.05, 0) is 66.4 Å². The molecule has 0 aliphatic carbocycles. The second-order valence-electron chi connectivity index (χ2n) is 10.8. The Balaban J connectivity index is 1.09. The molecule has 5 aromatic rings. The zero-order chi connectivity index (χ0) is 28.6. The quantitative estimate of drug-likeness (QED) is 0.269. The number of nitrogens with one attached hydrogen (secondary N) is 1. The average Bonchev–Trinajstić information content (AvgIpc) is 3.71. The number of anilines is 2. The van der Waals surface area contributed by atoms with Crippen LogP contribution in [0.2, 0.25) is 0 Å². The predicted molar refractivity (Wildman–Crippen MR) is 161 cm³/mol. The lowest BCUT2D eigenvalue weighted by Gasteiger charge is -2.20. The Bertz CT molecular complexity index is 1740. The summed E-state index contributed by atoms with van der Waals surface area (Å²) in [4.78, 5) is 27.8. The number of ketones is 1. The lowest BCUT2D eigenvalue weighted by Crippen LogP contribution is -2.38. The number of nitrogens with two attached hydrogens (primary N) is 1. The summed E-state index contributed by atoms with van der Waals surface area (Å²) in [7, 11) is 0. The van der Waals surface area contributed by atoms with Crippen molar-refractivity contribution >= 4 is 28.5 Å². The fraction of sp³-hybridized carbons (Fsp3) is 0.219. The third-order valence-electron chi connectivity index (χ3n) is 8.07. The van der Waals surface area contributed by atoms with Crippen molar-refractivity contribution in [3.63, 3.8) is 0 Å². The van der Waals surface area contributed by atoms with Gasteiger partial charge < -0.3 is 20.7 Å². The normalized spacial score (nSPS) is 19.6. The van der Waals surface area contributed by atoms with E-state index < -0.39 is 0 Å². The Morgan fingerprint density at radius 1 is 1.02 bits per heavy atom. The molecule has 7 rings (SSSR count). The van der Waals surface area contributed by atoms with Crippen molar-refractivity contribution < 1.29 is 9.53 Å². The Morgan fingerprint density at radius 3 is 2.57 bits per heavy atom. The molecule has 2 aliphatic heterocycles. The number of aromatic nitrogens is 5. The Kier molecular flexibility index (Phi) is 6.59. The number of benzene rings is 2. The summed E-state index contributed by atoms with van der Waals surface area (Å²) in [6, 6.07) is 21.7. The van der Waals surface area contributed by atoms with Crippen molar-refractivity contribution in [1.82, 2.24) is 30.0 Å². The summed E-state index contributed by atoms with van der Waals surface area (Å²) >= 11 is 0. The highest BCUT2D eigenvalue weighted by Crippen LogP contribution is 2.33.